The predicted molar refractivity (Wildman–Crippen MR) is 53.3 cm³/mol. The fraction of sp³-hybridized carbons (Fsp3) is 0.600. The fourth-order valence-corrected chi connectivity index (χ4v) is 1.18. The van der Waals surface area contributed by atoms with Crippen molar-refractivity contribution in [2.24, 2.45) is 0 Å². The molecule has 0 aliphatic carbocycles. The summed E-state index contributed by atoms with van der Waals surface area (Å²) in [6.07, 6.45) is 1.20. The molecule has 1 aliphatic rings. The van der Waals surface area contributed by atoms with Crippen molar-refractivity contribution < 1.29 is 19.4 Å². The lowest BCUT2D eigenvalue weighted by Crippen LogP contribution is -2.32. The third kappa shape index (κ3) is 3.27. The van der Waals surface area contributed by atoms with Crippen LogP contribution in [0.4, 0.5) is 4.79 Å². The van der Waals surface area contributed by atoms with Crippen LogP contribution < -0.4 is 0 Å². The number of nitrogens with zero attached hydrogens (tertiary/aromatic N) is 1. The van der Waals surface area contributed by atoms with Gasteiger partial charge >= 0.3 is 12.1 Å². The van der Waals surface area contributed by atoms with Gasteiger partial charge in [-0.2, -0.15) is 0 Å². The minimum Gasteiger partial charge on any atom is -0.478 e. The standard InChI is InChI=1S/C10H15NO4/c1-10(2,3)15-9(14)11-5-4-7(6-11)8(12)13/h6H,4-5H2,1-3H3,(H,12,13). The number of ether oxygens (including phenoxy) is 1. The molecule has 0 aromatic rings. The van der Waals surface area contributed by atoms with E-state index in [2.05, 4.69) is 0 Å². The summed E-state index contributed by atoms with van der Waals surface area (Å²) in [5.74, 6) is -0.985. The summed E-state index contributed by atoms with van der Waals surface area (Å²) in [6, 6.07) is 0. The van der Waals surface area contributed by atoms with Crippen LogP contribution in [0.1, 0.15) is 27.2 Å². The topological polar surface area (TPSA) is 66.8 Å². The van der Waals surface area contributed by atoms with E-state index in [-0.39, 0.29) is 5.57 Å². The number of hydrogen-bond donors (Lipinski definition) is 1. The van der Waals surface area contributed by atoms with Gasteiger partial charge in [-0.1, -0.05) is 0 Å². The van der Waals surface area contributed by atoms with E-state index in [1.165, 1.54) is 11.1 Å². The lowest BCUT2D eigenvalue weighted by atomic mass is 10.2. The highest BCUT2D eigenvalue weighted by Gasteiger charge is 2.26. The summed E-state index contributed by atoms with van der Waals surface area (Å²) in [7, 11) is 0. The Morgan fingerprint density at radius 3 is 2.47 bits per heavy atom. The Morgan fingerprint density at radius 1 is 1.47 bits per heavy atom. The number of carboxylic acid groups (broad SMARTS) is 1. The summed E-state index contributed by atoms with van der Waals surface area (Å²) in [4.78, 5) is 23.4. The quantitative estimate of drug-likeness (QED) is 0.718. The zero-order chi connectivity index (χ0) is 11.6. The lowest BCUT2D eigenvalue weighted by molar-refractivity contribution is -0.132. The molecule has 15 heavy (non-hydrogen) atoms. The summed E-state index contributed by atoms with van der Waals surface area (Å²) in [6.45, 7) is 5.67. The Labute approximate surface area is 88.3 Å². The van der Waals surface area contributed by atoms with Crippen molar-refractivity contribution in [2.75, 3.05) is 6.54 Å². The van der Waals surface area contributed by atoms with Gasteiger partial charge < -0.3 is 9.84 Å². The van der Waals surface area contributed by atoms with Crippen molar-refractivity contribution in [2.45, 2.75) is 32.8 Å². The summed E-state index contributed by atoms with van der Waals surface area (Å²) in [5.41, 5.74) is -0.322. The van der Waals surface area contributed by atoms with Crippen LogP contribution in [0.3, 0.4) is 0 Å². The Hall–Kier alpha value is -1.52. The van der Waals surface area contributed by atoms with E-state index < -0.39 is 17.7 Å². The normalized spacial score (nSPS) is 16.2. The molecule has 1 N–H and O–H groups in total. The van der Waals surface area contributed by atoms with Crippen molar-refractivity contribution in [3.8, 4) is 0 Å². The van der Waals surface area contributed by atoms with Crippen LogP contribution in [0.15, 0.2) is 11.8 Å². The molecule has 0 radical (unpaired) electrons. The maximum absolute atomic E-state index is 11.5. The Balaban J connectivity index is 2.61. The number of hydrogen-bond acceptors (Lipinski definition) is 3. The molecule has 0 saturated carbocycles. The smallest absolute Gasteiger partial charge is 0.414 e. The molecule has 0 saturated heterocycles. The second kappa shape index (κ2) is 3.92. The Kier molecular flexibility index (Phi) is 3.02. The molecule has 0 fully saturated rings. The Morgan fingerprint density at radius 2 is 2.07 bits per heavy atom. The minimum atomic E-state index is -0.985. The van der Waals surface area contributed by atoms with Gasteiger partial charge in [-0.25, -0.2) is 9.59 Å². The number of carbonyl (C=O) groups excluding carboxylic acids is 1. The first-order valence-corrected chi connectivity index (χ1v) is 4.73. The highest BCUT2D eigenvalue weighted by atomic mass is 16.6. The van der Waals surface area contributed by atoms with Crippen LogP contribution in [0.2, 0.25) is 0 Å². The van der Waals surface area contributed by atoms with Crippen LogP contribution in [0, 0.1) is 0 Å². The maximum atomic E-state index is 11.5. The first-order chi connectivity index (χ1) is 6.79. The lowest BCUT2D eigenvalue weighted by Gasteiger charge is -2.23. The van der Waals surface area contributed by atoms with Crippen molar-refractivity contribution in [3.05, 3.63) is 11.8 Å². The molecule has 5 heteroatoms. The monoisotopic (exact) mass is 213 g/mol. The average Bonchev–Trinajstić information content (AvgIpc) is 2.47. The number of amides is 1. The highest BCUT2D eigenvalue weighted by molar-refractivity contribution is 5.88. The number of carbonyl (C=O) groups is 2. The van der Waals surface area contributed by atoms with Crippen LogP contribution >= 0.6 is 0 Å². The van der Waals surface area contributed by atoms with Gasteiger partial charge in [-0.3, -0.25) is 4.90 Å². The fourth-order valence-electron chi connectivity index (χ4n) is 1.18. The van der Waals surface area contributed by atoms with E-state index in [9.17, 15) is 9.59 Å². The SMILES string of the molecule is CC(C)(C)OC(=O)N1C=C(C(=O)O)CC1. The van der Waals surface area contributed by atoms with E-state index in [1.807, 2.05) is 0 Å². The molecule has 84 valence electrons. The molecule has 1 amide bonds. The van der Waals surface area contributed by atoms with E-state index in [1.54, 1.807) is 20.8 Å². The van der Waals surface area contributed by atoms with Gasteiger partial charge in [0.2, 0.25) is 0 Å². The van der Waals surface area contributed by atoms with Gasteiger partial charge in [0, 0.05) is 12.7 Å². The van der Waals surface area contributed by atoms with Crippen molar-refractivity contribution >= 4 is 12.1 Å². The first-order valence-electron chi connectivity index (χ1n) is 4.73. The molecular formula is C10H15NO4. The van der Waals surface area contributed by atoms with Crippen molar-refractivity contribution in [1.29, 1.82) is 0 Å². The molecular weight excluding hydrogens is 198 g/mol. The van der Waals surface area contributed by atoms with Crippen molar-refractivity contribution in [3.63, 3.8) is 0 Å². The molecule has 0 atom stereocenters. The number of aliphatic carboxylic acids is 1. The molecule has 1 aliphatic heterocycles. The van der Waals surface area contributed by atoms with E-state index in [4.69, 9.17) is 9.84 Å². The van der Waals surface area contributed by atoms with Gasteiger partial charge in [0.25, 0.3) is 0 Å². The van der Waals surface area contributed by atoms with E-state index in [0.717, 1.165) is 0 Å². The maximum Gasteiger partial charge on any atom is 0.414 e. The molecule has 0 bridgehead atoms. The molecule has 0 unspecified atom stereocenters. The molecule has 0 spiro atoms. The van der Waals surface area contributed by atoms with Crippen LogP contribution in [0.25, 0.3) is 0 Å². The van der Waals surface area contributed by atoms with Gasteiger partial charge in [0.1, 0.15) is 5.60 Å². The average molecular weight is 213 g/mol. The number of carboxylic acids is 1. The van der Waals surface area contributed by atoms with Gasteiger partial charge in [-0.15, -0.1) is 0 Å². The highest BCUT2D eigenvalue weighted by Crippen LogP contribution is 2.17. The van der Waals surface area contributed by atoms with Crippen LogP contribution in [-0.4, -0.2) is 34.2 Å². The molecule has 1 heterocycles. The summed E-state index contributed by atoms with van der Waals surface area (Å²) >= 11 is 0. The largest absolute Gasteiger partial charge is 0.478 e. The third-order valence-electron chi connectivity index (χ3n) is 1.84. The number of rotatable bonds is 1. The molecule has 0 aromatic heterocycles. The van der Waals surface area contributed by atoms with Gasteiger partial charge in [0.05, 0.1) is 5.57 Å². The predicted octanol–water partition coefficient (Wildman–Crippen LogP) is 1.60. The van der Waals surface area contributed by atoms with Gasteiger partial charge in [0.15, 0.2) is 0 Å². The van der Waals surface area contributed by atoms with Crippen molar-refractivity contribution in [1.82, 2.24) is 4.90 Å². The second-order valence-electron chi connectivity index (χ2n) is 4.38. The van der Waals surface area contributed by atoms with Crippen LogP contribution in [-0.2, 0) is 9.53 Å². The Bertz CT molecular complexity index is 314. The summed E-state index contributed by atoms with van der Waals surface area (Å²) in [5, 5.41) is 8.70. The minimum absolute atomic E-state index is 0.237. The van der Waals surface area contributed by atoms with Crippen LogP contribution in [0.5, 0.6) is 0 Å². The third-order valence-corrected chi connectivity index (χ3v) is 1.84. The zero-order valence-electron chi connectivity index (χ0n) is 9.11. The van der Waals surface area contributed by atoms with E-state index in [0.29, 0.717) is 13.0 Å². The van der Waals surface area contributed by atoms with E-state index >= 15 is 0 Å². The second-order valence-corrected chi connectivity index (χ2v) is 4.38. The molecule has 0 aromatic carbocycles. The first kappa shape index (κ1) is 11.6. The zero-order valence-corrected chi connectivity index (χ0v) is 9.11. The van der Waals surface area contributed by atoms with Gasteiger partial charge in [-0.05, 0) is 27.2 Å². The molecule has 1 rings (SSSR count). The molecule has 5 nitrogen and oxygen atoms in total. The summed E-state index contributed by atoms with van der Waals surface area (Å²) < 4.78 is 5.10.